The molecule has 0 saturated heterocycles. The van der Waals surface area contributed by atoms with Gasteiger partial charge in [0, 0.05) is 24.8 Å². The van der Waals surface area contributed by atoms with E-state index in [9.17, 15) is 16.8 Å². The van der Waals surface area contributed by atoms with Gasteiger partial charge in [-0.05, 0) is 24.3 Å². The van der Waals surface area contributed by atoms with Gasteiger partial charge in [-0.1, -0.05) is 0 Å². The Morgan fingerprint density at radius 2 is 1.21 bits per heavy atom. The Labute approximate surface area is 111 Å². The van der Waals surface area contributed by atoms with Gasteiger partial charge in [-0.25, -0.2) is 16.8 Å². The van der Waals surface area contributed by atoms with Crippen LogP contribution in [0.2, 0.25) is 0 Å². The summed E-state index contributed by atoms with van der Waals surface area (Å²) in [5, 5.41) is 0.314. The molecule has 0 bridgehead atoms. The fourth-order valence-electron chi connectivity index (χ4n) is 1.31. The zero-order valence-electron chi connectivity index (χ0n) is 9.54. The number of pyridine rings is 2. The van der Waals surface area contributed by atoms with Gasteiger partial charge in [0.25, 0.3) is 0 Å². The van der Waals surface area contributed by atoms with E-state index in [-0.39, 0.29) is 9.79 Å². The maximum absolute atomic E-state index is 11.9. The summed E-state index contributed by atoms with van der Waals surface area (Å²) < 4.78 is 47.7. The van der Waals surface area contributed by atoms with Crippen molar-refractivity contribution in [3.05, 3.63) is 54.1 Å². The van der Waals surface area contributed by atoms with Gasteiger partial charge in [0.1, 0.15) is 0 Å². The second-order valence-electron chi connectivity index (χ2n) is 3.56. The van der Waals surface area contributed by atoms with E-state index < -0.39 is 19.7 Å². The molecule has 0 aromatic carbocycles. The number of hydrogen-bond donors (Lipinski definition) is 0. The average Bonchev–Trinajstić information content (AvgIpc) is 2.40. The molecule has 0 aliphatic rings. The first-order valence-electron chi connectivity index (χ1n) is 5.07. The summed E-state index contributed by atoms with van der Waals surface area (Å²) in [5.41, 5.74) is 0. The monoisotopic (exact) mass is 297 g/mol. The van der Waals surface area contributed by atoms with E-state index in [1.807, 2.05) is 0 Å². The zero-order chi connectivity index (χ0) is 13.9. The van der Waals surface area contributed by atoms with E-state index in [1.54, 1.807) is 0 Å². The summed E-state index contributed by atoms with van der Waals surface area (Å²) in [6, 6.07) is 5.38. The molecule has 0 saturated carbocycles. The first kappa shape index (κ1) is 13.6. The lowest BCUT2D eigenvalue weighted by Gasteiger charge is -2.04. The quantitative estimate of drug-likeness (QED) is 0.830. The molecule has 2 heterocycles. The molecule has 99 valence electrons. The number of rotatable bonds is 4. The van der Waals surface area contributed by atoms with Crippen molar-refractivity contribution in [2.75, 3.05) is 0 Å². The van der Waals surface area contributed by atoms with E-state index in [2.05, 4.69) is 9.97 Å². The van der Waals surface area contributed by atoms with Gasteiger partial charge in [-0.15, -0.1) is 0 Å². The van der Waals surface area contributed by atoms with Crippen LogP contribution in [-0.2, 0) is 19.7 Å². The molecule has 0 atom stereocenters. The van der Waals surface area contributed by atoms with Gasteiger partial charge < -0.3 is 0 Å². The number of nitrogens with zero attached hydrogens (tertiary/aromatic N) is 2. The summed E-state index contributed by atoms with van der Waals surface area (Å²) >= 11 is 0. The normalized spacial score (nSPS) is 12.2. The van der Waals surface area contributed by atoms with Gasteiger partial charge in [0.2, 0.25) is 5.08 Å². The number of sulfone groups is 2. The van der Waals surface area contributed by atoms with Crippen molar-refractivity contribution in [2.45, 2.75) is 9.79 Å². The Morgan fingerprint density at radius 3 is 1.53 bits per heavy atom. The van der Waals surface area contributed by atoms with Crippen molar-refractivity contribution >= 4 is 19.7 Å². The molecule has 2 aromatic rings. The molecule has 2 aromatic heterocycles. The molecule has 8 heteroatoms. The Kier molecular flexibility index (Phi) is 3.63. The van der Waals surface area contributed by atoms with Crippen LogP contribution >= 0.6 is 0 Å². The summed E-state index contributed by atoms with van der Waals surface area (Å²) in [5.74, 6) is 0. The molecule has 0 N–H and O–H groups in total. The molecule has 0 aliphatic heterocycles. The van der Waals surface area contributed by atoms with E-state index in [0.717, 1.165) is 12.4 Å². The minimum Gasteiger partial charge on any atom is -0.263 e. The van der Waals surface area contributed by atoms with Crippen LogP contribution in [0.25, 0.3) is 0 Å². The minimum atomic E-state index is -4.07. The van der Waals surface area contributed by atoms with Crippen molar-refractivity contribution < 1.29 is 16.8 Å². The average molecular weight is 297 g/mol. The predicted octanol–water partition coefficient (Wildman–Crippen LogP) is 0.843. The largest absolute Gasteiger partial charge is 0.263 e. The van der Waals surface area contributed by atoms with Gasteiger partial charge in [0.05, 0.1) is 9.79 Å². The number of hydrogen-bond acceptors (Lipinski definition) is 6. The summed E-state index contributed by atoms with van der Waals surface area (Å²) in [4.78, 5) is 6.94. The van der Waals surface area contributed by atoms with Crippen LogP contribution in [0, 0.1) is 5.08 Å². The molecular formula is C11H9N2O4S2. The van der Waals surface area contributed by atoms with Gasteiger partial charge in [-0.3, -0.25) is 9.97 Å². The predicted molar refractivity (Wildman–Crippen MR) is 67.1 cm³/mol. The van der Waals surface area contributed by atoms with Crippen LogP contribution in [-0.4, -0.2) is 26.8 Å². The van der Waals surface area contributed by atoms with E-state index >= 15 is 0 Å². The van der Waals surface area contributed by atoms with Crippen molar-refractivity contribution in [3.63, 3.8) is 0 Å². The lowest BCUT2D eigenvalue weighted by molar-refractivity contribution is 0.594. The maximum atomic E-state index is 11.9. The molecule has 1 radical (unpaired) electrons. The Balaban J connectivity index is 2.37. The van der Waals surface area contributed by atoms with Crippen LogP contribution in [0.3, 0.4) is 0 Å². The summed E-state index contributed by atoms with van der Waals surface area (Å²) in [6.07, 6.45) is 4.97. The lowest BCUT2D eigenvalue weighted by Crippen LogP contribution is -2.11. The van der Waals surface area contributed by atoms with Crippen LogP contribution in [0.1, 0.15) is 0 Å². The van der Waals surface area contributed by atoms with Crippen LogP contribution in [0.4, 0.5) is 0 Å². The van der Waals surface area contributed by atoms with Crippen LogP contribution in [0.5, 0.6) is 0 Å². The van der Waals surface area contributed by atoms with Crippen molar-refractivity contribution in [1.82, 2.24) is 9.97 Å². The highest BCUT2D eigenvalue weighted by molar-refractivity contribution is 8.11. The van der Waals surface area contributed by atoms with E-state index in [4.69, 9.17) is 0 Å². The Morgan fingerprint density at radius 1 is 0.789 bits per heavy atom. The van der Waals surface area contributed by atoms with Gasteiger partial charge in [0.15, 0.2) is 19.7 Å². The molecule has 0 amide bonds. The third-order valence-corrected chi connectivity index (χ3v) is 6.00. The second-order valence-corrected chi connectivity index (χ2v) is 7.46. The molecule has 0 spiro atoms. The first-order valence-corrected chi connectivity index (χ1v) is 8.16. The molecule has 2 rings (SSSR count). The van der Waals surface area contributed by atoms with Crippen molar-refractivity contribution in [3.8, 4) is 0 Å². The molecule has 6 nitrogen and oxygen atoms in total. The van der Waals surface area contributed by atoms with E-state index in [1.165, 1.54) is 36.7 Å². The highest BCUT2D eigenvalue weighted by atomic mass is 32.3. The standard InChI is InChI=1S/C11H9N2O4S2/c14-18(15,10-3-1-5-12-7-10)9-19(16,17)11-4-2-6-13-8-11/h1-9H. The third-order valence-electron chi connectivity index (χ3n) is 2.18. The summed E-state index contributed by atoms with van der Waals surface area (Å²) in [7, 11) is -8.14. The lowest BCUT2D eigenvalue weighted by atomic mass is 10.5. The molecule has 19 heavy (non-hydrogen) atoms. The minimum absolute atomic E-state index is 0.178. The topological polar surface area (TPSA) is 94.1 Å². The van der Waals surface area contributed by atoms with Crippen molar-refractivity contribution in [2.24, 2.45) is 0 Å². The molecule has 0 aliphatic carbocycles. The zero-order valence-corrected chi connectivity index (χ0v) is 11.2. The molecule has 0 unspecified atom stereocenters. The van der Waals surface area contributed by atoms with Crippen molar-refractivity contribution in [1.29, 1.82) is 0 Å². The summed E-state index contributed by atoms with van der Waals surface area (Å²) in [6.45, 7) is 0. The first-order chi connectivity index (χ1) is 8.92. The highest BCUT2D eigenvalue weighted by Crippen LogP contribution is 2.20. The smallest absolute Gasteiger partial charge is 0.203 e. The Bertz CT molecular complexity index is 689. The molecular weight excluding hydrogens is 288 g/mol. The van der Waals surface area contributed by atoms with Crippen LogP contribution in [0.15, 0.2) is 58.8 Å². The highest BCUT2D eigenvalue weighted by Gasteiger charge is 2.27. The fourth-order valence-corrected chi connectivity index (χ4v) is 4.48. The molecule has 0 fully saturated rings. The van der Waals surface area contributed by atoms with E-state index in [0.29, 0.717) is 5.08 Å². The SMILES string of the molecule is O=S(=O)([CH]S(=O)(=O)c1cccnc1)c1cccnc1. The maximum Gasteiger partial charge on any atom is 0.203 e. The Hall–Kier alpha value is -1.80. The van der Waals surface area contributed by atoms with Crippen LogP contribution < -0.4 is 0 Å². The van der Waals surface area contributed by atoms with Gasteiger partial charge >= 0.3 is 0 Å². The third kappa shape index (κ3) is 3.15. The second kappa shape index (κ2) is 5.06. The number of aromatic nitrogens is 2. The van der Waals surface area contributed by atoms with Gasteiger partial charge in [-0.2, -0.15) is 0 Å². The fraction of sp³-hybridized carbons (Fsp3) is 0.